The highest BCUT2D eigenvalue weighted by atomic mass is 35.5. The quantitative estimate of drug-likeness (QED) is 0.416. The predicted molar refractivity (Wildman–Crippen MR) is 102 cm³/mol. The van der Waals surface area contributed by atoms with Crippen LogP contribution in [0.15, 0.2) is 24.5 Å². The van der Waals surface area contributed by atoms with Gasteiger partial charge in [-0.2, -0.15) is 0 Å². The fourth-order valence-corrected chi connectivity index (χ4v) is 3.45. The van der Waals surface area contributed by atoms with E-state index in [9.17, 15) is 15.3 Å². The number of benzene rings is 1. The first-order chi connectivity index (χ1) is 13.5. The van der Waals surface area contributed by atoms with Gasteiger partial charge in [-0.05, 0) is 17.7 Å². The van der Waals surface area contributed by atoms with E-state index in [4.69, 9.17) is 22.1 Å². The maximum absolute atomic E-state index is 10.1. The number of aliphatic hydroxyl groups excluding tert-OH is 3. The molecule has 6 N–H and O–H groups in total. The van der Waals surface area contributed by atoms with E-state index >= 15 is 0 Å². The van der Waals surface area contributed by atoms with Gasteiger partial charge < -0.3 is 31.1 Å². The number of nitrogens with zero attached hydrogens (tertiary/aromatic N) is 4. The molecule has 1 aliphatic heterocycles. The van der Waals surface area contributed by atoms with Crippen molar-refractivity contribution in [2.24, 2.45) is 0 Å². The van der Waals surface area contributed by atoms with E-state index in [1.54, 1.807) is 22.8 Å². The van der Waals surface area contributed by atoms with E-state index in [-0.39, 0.29) is 25.5 Å². The Balaban J connectivity index is 1.79. The van der Waals surface area contributed by atoms with E-state index in [1.807, 2.05) is 0 Å². The average Bonchev–Trinajstić information content (AvgIpc) is 3.23. The molecule has 1 fully saturated rings. The fourth-order valence-electron chi connectivity index (χ4n) is 3.20. The van der Waals surface area contributed by atoms with Crippen LogP contribution in [0.25, 0.3) is 11.2 Å². The van der Waals surface area contributed by atoms with Crippen molar-refractivity contribution in [3.8, 4) is 0 Å². The Labute approximate surface area is 164 Å². The zero-order valence-electron chi connectivity index (χ0n) is 14.7. The molecule has 0 saturated carbocycles. The van der Waals surface area contributed by atoms with Crippen LogP contribution in [-0.2, 0) is 11.3 Å². The molecule has 4 rings (SSSR count). The van der Waals surface area contributed by atoms with Crippen molar-refractivity contribution < 1.29 is 20.1 Å². The molecule has 148 valence electrons. The number of aromatic nitrogens is 4. The Kier molecular flexibility index (Phi) is 5.04. The van der Waals surface area contributed by atoms with Crippen molar-refractivity contribution in [3.05, 3.63) is 35.1 Å². The smallest absolute Gasteiger partial charge is 0.212 e. The molecule has 28 heavy (non-hydrogen) atoms. The van der Waals surface area contributed by atoms with Crippen molar-refractivity contribution in [3.63, 3.8) is 0 Å². The van der Waals surface area contributed by atoms with Gasteiger partial charge in [-0.1, -0.05) is 17.7 Å². The predicted octanol–water partition coefficient (Wildman–Crippen LogP) is 0.938. The molecule has 0 aliphatic carbocycles. The average molecular weight is 407 g/mol. The Morgan fingerprint density at radius 2 is 2.14 bits per heavy atom. The molecule has 3 aromatic rings. The highest BCUT2D eigenvalue weighted by Gasteiger charge is 2.37. The number of imidazole rings is 1. The number of nitrogen functional groups attached to an aromatic ring is 1. The number of hydrogen-bond donors (Lipinski definition) is 5. The summed E-state index contributed by atoms with van der Waals surface area (Å²) in [4.78, 5) is 12.7. The molecule has 2 aromatic heterocycles. The number of halogens is 1. The first-order valence-corrected chi connectivity index (χ1v) is 8.98. The highest BCUT2D eigenvalue weighted by Crippen LogP contribution is 2.36. The Hall–Kier alpha value is -2.50. The van der Waals surface area contributed by atoms with Gasteiger partial charge in [0.05, 0.1) is 30.0 Å². The van der Waals surface area contributed by atoms with Gasteiger partial charge in [0.1, 0.15) is 18.7 Å². The number of rotatable bonds is 5. The van der Waals surface area contributed by atoms with Crippen LogP contribution < -0.4 is 11.1 Å². The number of aliphatic hydroxyl groups is 3. The maximum atomic E-state index is 10.1. The minimum atomic E-state index is -0.827. The number of ether oxygens (including phenoxy) is 1. The molecule has 1 aliphatic rings. The summed E-state index contributed by atoms with van der Waals surface area (Å²) >= 11 is 6.30. The largest absolute Gasteiger partial charge is 0.394 e. The summed E-state index contributed by atoms with van der Waals surface area (Å²) in [5.41, 5.74) is 7.97. The van der Waals surface area contributed by atoms with Crippen LogP contribution in [0, 0.1) is 0 Å². The number of hydrogen-bond acceptors (Lipinski definition) is 9. The third-order valence-electron chi connectivity index (χ3n) is 4.64. The van der Waals surface area contributed by atoms with Crippen LogP contribution in [0.3, 0.4) is 0 Å². The van der Waals surface area contributed by atoms with Crippen molar-refractivity contribution in [1.29, 1.82) is 0 Å². The van der Waals surface area contributed by atoms with Crippen molar-refractivity contribution in [2.75, 3.05) is 17.7 Å². The van der Waals surface area contributed by atoms with Gasteiger partial charge >= 0.3 is 0 Å². The van der Waals surface area contributed by atoms with Gasteiger partial charge in [-0.15, -0.1) is 0 Å². The molecule has 10 nitrogen and oxygen atoms in total. The molecule has 0 bridgehead atoms. The van der Waals surface area contributed by atoms with E-state index < -0.39 is 18.4 Å². The standard InChI is InChI=1S/C17H19ClN6O4/c18-9-3-8(5-25)1-2-10(9)22-17-23-14-15(19)20-7-21-16(14)24(17)13-4-11(27)12(6-26)28-13/h1-3,7,11-13,25-27H,4-6H2,(H,22,23)(H2,19,20,21)/t11-,12+,13+/m0/s1. The van der Waals surface area contributed by atoms with E-state index in [1.165, 1.54) is 6.33 Å². The summed E-state index contributed by atoms with van der Waals surface area (Å²) in [6.45, 7) is -0.431. The first-order valence-electron chi connectivity index (χ1n) is 8.61. The zero-order chi connectivity index (χ0) is 19.8. The topological polar surface area (TPSA) is 152 Å². The SMILES string of the molecule is Nc1ncnc2c1nc(Nc1ccc(CO)cc1Cl)n2[C@H]1C[C@H](O)[C@@H](CO)O1. The van der Waals surface area contributed by atoms with Crippen LogP contribution in [0.1, 0.15) is 18.2 Å². The summed E-state index contributed by atoms with van der Waals surface area (Å²) < 4.78 is 7.43. The second-order valence-corrected chi connectivity index (χ2v) is 6.86. The summed E-state index contributed by atoms with van der Waals surface area (Å²) in [5, 5.41) is 32.3. The van der Waals surface area contributed by atoms with Crippen LogP contribution in [0.2, 0.25) is 5.02 Å². The third-order valence-corrected chi connectivity index (χ3v) is 4.95. The molecule has 1 aromatic carbocycles. The second kappa shape index (κ2) is 7.49. The lowest BCUT2D eigenvalue weighted by Crippen LogP contribution is -2.24. The fraction of sp³-hybridized carbons (Fsp3) is 0.353. The summed E-state index contributed by atoms with van der Waals surface area (Å²) in [6.07, 6.45) is -0.595. The third kappa shape index (κ3) is 3.25. The molecular formula is C17H19ClN6O4. The van der Waals surface area contributed by atoms with Crippen molar-refractivity contribution in [2.45, 2.75) is 31.5 Å². The van der Waals surface area contributed by atoms with Gasteiger partial charge in [-0.3, -0.25) is 4.57 Å². The monoisotopic (exact) mass is 406 g/mol. The summed E-state index contributed by atoms with van der Waals surface area (Å²) in [6, 6.07) is 5.09. The number of anilines is 3. The van der Waals surface area contributed by atoms with Gasteiger partial charge in [0.2, 0.25) is 5.95 Å². The zero-order valence-corrected chi connectivity index (χ0v) is 15.4. The lowest BCUT2D eigenvalue weighted by atomic mass is 10.2. The molecule has 0 amide bonds. The highest BCUT2D eigenvalue weighted by molar-refractivity contribution is 6.33. The normalized spacial score (nSPS) is 22.1. The minimum Gasteiger partial charge on any atom is -0.394 e. The summed E-state index contributed by atoms with van der Waals surface area (Å²) in [5.74, 6) is 0.544. The number of nitrogens with one attached hydrogen (secondary N) is 1. The summed E-state index contributed by atoms with van der Waals surface area (Å²) in [7, 11) is 0. The Morgan fingerprint density at radius 3 is 2.82 bits per heavy atom. The Morgan fingerprint density at radius 1 is 1.32 bits per heavy atom. The molecule has 1 saturated heterocycles. The van der Waals surface area contributed by atoms with Crippen LogP contribution >= 0.6 is 11.6 Å². The van der Waals surface area contributed by atoms with Gasteiger partial charge in [0.15, 0.2) is 17.0 Å². The molecule has 11 heteroatoms. The van der Waals surface area contributed by atoms with Gasteiger partial charge in [0, 0.05) is 6.42 Å². The minimum absolute atomic E-state index is 0.124. The molecule has 0 spiro atoms. The molecular weight excluding hydrogens is 388 g/mol. The number of fused-ring (bicyclic) bond motifs is 1. The molecule has 3 atom stereocenters. The molecule has 0 radical (unpaired) electrons. The molecule has 0 unspecified atom stereocenters. The maximum Gasteiger partial charge on any atom is 0.212 e. The van der Waals surface area contributed by atoms with Crippen LogP contribution in [0.5, 0.6) is 0 Å². The first kappa shape index (κ1) is 18.8. The van der Waals surface area contributed by atoms with E-state index in [0.717, 1.165) is 0 Å². The lowest BCUT2D eigenvalue weighted by molar-refractivity contribution is -0.0425. The Bertz CT molecular complexity index is 1010. The van der Waals surface area contributed by atoms with Gasteiger partial charge in [0.25, 0.3) is 0 Å². The van der Waals surface area contributed by atoms with E-state index in [2.05, 4.69) is 20.3 Å². The van der Waals surface area contributed by atoms with Crippen LogP contribution in [-0.4, -0.2) is 53.7 Å². The van der Waals surface area contributed by atoms with Gasteiger partial charge in [-0.25, -0.2) is 15.0 Å². The second-order valence-electron chi connectivity index (χ2n) is 6.45. The van der Waals surface area contributed by atoms with E-state index in [0.29, 0.717) is 33.4 Å². The molecule has 3 heterocycles. The lowest BCUT2D eigenvalue weighted by Gasteiger charge is -2.17. The van der Waals surface area contributed by atoms with Crippen LogP contribution in [0.4, 0.5) is 17.5 Å². The van der Waals surface area contributed by atoms with Crippen molar-refractivity contribution in [1.82, 2.24) is 19.5 Å². The van der Waals surface area contributed by atoms with Crippen molar-refractivity contribution >= 4 is 40.2 Å². The number of nitrogens with two attached hydrogens (primary N) is 1.